The third-order valence-corrected chi connectivity index (χ3v) is 3.17. The second-order valence-electron chi connectivity index (χ2n) is 4.94. The van der Waals surface area contributed by atoms with Gasteiger partial charge in [-0.3, -0.25) is 4.79 Å². The maximum atomic E-state index is 11.5. The smallest absolute Gasteiger partial charge is 0.132 e. The Morgan fingerprint density at radius 1 is 0.765 bits per heavy atom. The van der Waals surface area contributed by atoms with Crippen LogP contribution in [0.4, 0.5) is 0 Å². The maximum Gasteiger partial charge on any atom is 0.132 e. The molecule has 0 saturated carbocycles. The van der Waals surface area contributed by atoms with Gasteiger partial charge in [0, 0.05) is 19.4 Å². The van der Waals surface area contributed by atoms with Crippen molar-refractivity contribution >= 4 is 5.78 Å². The molecule has 2 heteroatoms. The third kappa shape index (κ3) is 13.6. The predicted molar refractivity (Wildman–Crippen MR) is 73.2 cm³/mol. The predicted octanol–water partition coefficient (Wildman–Crippen LogP) is 4.25. The molecule has 0 aliphatic rings. The van der Waals surface area contributed by atoms with Crippen molar-refractivity contribution in [2.45, 2.75) is 84.0 Å². The zero-order chi connectivity index (χ0) is 12.8. The third-order valence-electron chi connectivity index (χ3n) is 3.17. The van der Waals surface area contributed by atoms with Gasteiger partial charge in [-0.15, -0.1) is 0 Å². The average molecular weight is 242 g/mol. The largest absolute Gasteiger partial charge is 0.396 e. The van der Waals surface area contributed by atoms with E-state index in [1.165, 1.54) is 38.5 Å². The lowest BCUT2D eigenvalue weighted by Crippen LogP contribution is -1.97. The molecule has 0 aromatic rings. The van der Waals surface area contributed by atoms with E-state index in [0.29, 0.717) is 12.4 Å². The van der Waals surface area contributed by atoms with Crippen LogP contribution in [0.3, 0.4) is 0 Å². The number of Topliss-reactive ketones (excluding diaryl/α,β-unsaturated/α-hetero) is 1. The Morgan fingerprint density at radius 2 is 1.24 bits per heavy atom. The van der Waals surface area contributed by atoms with E-state index in [2.05, 4.69) is 6.92 Å². The number of ketones is 1. The second kappa shape index (κ2) is 13.7. The fourth-order valence-corrected chi connectivity index (χ4v) is 2.02. The van der Waals surface area contributed by atoms with Crippen LogP contribution in [0.2, 0.25) is 0 Å². The SMILES string of the molecule is CCCCCC(=O)CCCCCCCCCO. The zero-order valence-corrected chi connectivity index (χ0v) is 11.5. The van der Waals surface area contributed by atoms with E-state index in [1.807, 2.05) is 0 Å². The summed E-state index contributed by atoms with van der Waals surface area (Å²) < 4.78 is 0. The lowest BCUT2D eigenvalue weighted by molar-refractivity contribution is -0.119. The minimum Gasteiger partial charge on any atom is -0.396 e. The van der Waals surface area contributed by atoms with E-state index < -0.39 is 0 Å². The fourth-order valence-electron chi connectivity index (χ4n) is 2.02. The van der Waals surface area contributed by atoms with Crippen LogP contribution in [0.5, 0.6) is 0 Å². The van der Waals surface area contributed by atoms with Crippen LogP contribution in [-0.4, -0.2) is 17.5 Å². The van der Waals surface area contributed by atoms with Gasteiger partial charge in [-0.2, -0.15) is 0 Å². The fraction of sp³-hybridized carbons (Fsp3) is 0.933. The molecule has 17 heavy (non-hydrogen) atoms. The van der Waals surface area contributed by atoms with Gasteiger partial charge in [0.25, 0.3) is 0 Å². The highest BCUT2D eigenvalue weighted by molar-refractivity contribution is 5.78. The average Bonchev–Trinajstić information content (AvgIpc) is 2.33. The molecule has 0 saturated heterocycles. The molecule has 0 amide bonds. The Bertz CT molecular complexity index is 166. The van der Waals surface area contributed by atoms with Crippen LogP contribution < -0.4 is 0 Å². The van der Waals surface area contributed by atoms with Gasteiger partial charge < -0.3 is 5.11 Å². The van der Waals surface area contributed by atoms with Crippen molar-refractivity contribution in [3.05, 3.63) is 0 Å². The molecule has 0 spiro atoms. The molecule has 0 aromatic carbocycles. The lowest BCUT2D eigenvalue weighted by Gasteiger charge is -2.02. The Hall–Kier alpha value is -0.370. The minimum absolute atomic E-state index is 0.326. The van der Waals surface area contributed by atoms with Gasteiger partial charge in [-0.05, 0) is 19.3 Å². The van der Waals surface area contributed by atoms with Gasteiger partial charge in [0.2, 0.25) is 0 Å². The Morgan fingerprint density at radius 3 is 1.76 bits per heavy atom. The molecular weight excluding hydrogens is 212 g/mol. The van der Waals surface area contributed by atoms with E-state index in [4.69, 9.17) is 5.11 Å². The molecule has 1 N–H and O–H groups in total. The van der Waals surface area contributed by atoms with E-state index in [9.17, 15) is 4.79 Å². The summed E-state index contributed by atoms with van der Waals surface area (Å²) in [7, 11) is 0. The van der Waals surface area contributed by atoms with Gasteiger partial charge in [-0.25, -0.2) is 0 Å². The molecule has 0 radical (unpaired) electrons. The Kier molecular flexibility index (Phi) is 13.4. The number of unbranched alkanes of at least 4 members (excludes halogenated alkanes) is 8. The van der Waals surface area contributed by atoms with Gasteiger partial charge in [0.05, 0.1) is 0 Å². The van der Waals surface area contributed by atoms with E-state index in [-0.39, 0.29) is 0 Å². The molecule has 0 atom stereocenters. The molecule has 0 aliphatic heterocycles. The van der Waals surface area contributed by atoms with Crippen molar-refractivity contribution in [3.8, 4) is 0 Å². The molecule has 0 fully saturated rings. The number of aliphatic hydroxyl groups is 1. The highest BCUT2D eigenvalue weighted by Gasteiger charge is 2.01. The maximum absolute atomic E-state index is 11.5. The first-order valence-electron chi connectivity index (χ1n) is 7.43. The first-order chi connectivity index (χ1) is 8.31. The summed E-state index contributed by atoms with van der Waals surface area (Å²) in [6.45, 7) is 2.49. The van der Waals surface area contributed by atoms with Crippen LogP contribution in [0.25, 0.3) is 0 Å². The van der Waals surface area contributed by atoms with Crippen molar-refractivity contribution in [1.29, 1.82) is 0 Å². The number of hydrogen-bond donors (Lipinski definition) is 1. The van der Waals surface area contributed by atoms with Crippen LogP contribution in [0, 0.1) is 0 Å². The molecule has 0 rings (SSSR count). The van der Waals surface area contributed by atoms with Crippen LogP contribution in [0.15, 0.2) is 0 Å². The number of rotatable bonds is 13. The number of hydrogen-bond acceptors (Lipinski definition) is 2. The van der Waals surface area contributed by atoms with Crippen molar-refractivity contribution in [1.82, 2.24) is 0 Å². The van der Waals surface area contributed by atoms with Gasteiger partial charge >= 0.3 is 0 Å². The summed E-state index contributed by atoms with van der Waals surface area (Å²) >= 11 is 0. The van der Waals surface area contributed by atoms with Crippen molar-refractivity contribution in [3.63, 3.8) is 0 Å². The molecule has 2 nitrogen and oxygen atoms in total. The molecule has 0 heterocycles. The van der Waals surface area contributed by atoms with E-state index in [1.54, 1.807) is 0 Å². The summed E-state index contributed by atoms with van der Waals surface area (Å²) in [5, 5.41) is 8.62. The summed E-state index contributed by atoms with van der Waals surface area (Å²) in [5.74, 6) is 0.457. The highest BCUT2D eigenvalue weighted by atomic mass is 16.2. The molecule has 0 bridgehead atoms. The van der Waals surface area contributed by atoms with E-state index >= 15 is 0 Å². The summed E-state index contributed by atoms with van der Waals surface area (Å²) in [4.78, 5) is 11.5. The number of carbonyl (C=O) groups is 1. The summed E-state index contributed by atoms with van der Waals surface area (Å²) in [6.07, 6.45) is 13.1. The van der Waals surface area contributed by atoms with Gasteiger partial charge in [-0.1, -0.05) is 51.9 Å². The monoisotopic (exact) mass is 242 g/mol. The quantitative estimate of drug-likeness (QED) is 0.490. The topological polar surface area (TPSA) is 37.3 Å². The first kappa shape index (κ1) is 16.6. The normalized spacial score (nSPS) is 10.7. The van der Waals surface area contributed by atoms with Crippen LogP contribution >= 0.6 is 0 Å². The van der Waals surface area contributed by atoms with E-state index in [0.717, 1.165) is 38.5 Å². The molecule has 0 aliphatic carbocycles. The minimum atomic E-state index is 0.326. The summed E-state index contributed by atoms with van der Waals surface area (Å²) in [6, 6.07) is 0. The second-order valence-corrected chi connectivity index (χ2v) is 4.94. The molecule has 0 unspecified atom stereocenters. The zero-order valence-electron chi connectivity index (χ0n) is 11.5. The Labute approximate surface area is 107 Å². The Balaban J connectivity index is 3.08. The van der Waals surface area contributed by atoms with Gasteiger partial charge in [0.1, 0.15) is 5.78 Å². The molecule has 0 aromatic heterocycles. The highest BCUT2D eigenvalue weighted by Crippen LogP contribution is 2.10. The molecule has 102 valence electrons. The van der Waals surface area contributed by atoms with Crippen LogP contribution in [0.1, 0.15) is 84.0 Å². The summed E-state index contributed by atoms with van der Waals surface area (Å²) in [5.41, 5.74) is 0. The van der Waals surface area contributed by atoms with Crippen molar-refractivity contribution in [2.75, 3.05) is 6.61 Å². The standard InChI is InChI=1S/C15H30O2/c1-2-3-9-12-15(17)13-10-7-5-4-6-8-11-14-16/h16H,2-14H2,1H3. The first-order valence-corrected chi connectivity index (χ1v) is 7.43. The van der Waals surface area contributed by atoms with Crippen molar-refractivity contribution < 1.29 is 9.90 Å². The lowest BCUT2D eigenvalue weighted by atomic mass is 10.0. The van der Waals surface area contributed by atoms with Gasteiger partial charge in [0.15, 0.2) is 0 Å². The van der Waals surface area contributed by atoms with Crippen LogP contribution in [-0.2, 0) is 4.79 Å². The number of carbonyl (C=O) groups excluding carboxylic acids is 1. The number of aliphatic hydroxyl groups excluding tert-OH is 1. The molecular formula is C15H30O2. The van der Waals surface area contributed by atoms with Crippen molar-refractivity contribution in [2.24, 2.45) is 0 Å².